The average Bonchev–Trinajstić information content (AvgIpc) is 2.89. The van der Waals surface area contributed by atoms with E-state index in [2.05, 4.69) is 14.3 Å². The third kappa shape index (κ3) is 5.77. The summed E-state index contributed by atoms with van der Waals surface area (Å²) in [6.45, 7) is -1.63. The van der Waals surface area contributed by atoms with Crippen LogP contribution in [0.1, 0.15) is 21.6 Å². The average molecular weight is 367 g/mol. The highest BCUT2D eigenvalue weighted by Crippen LogP contribution is 2.19. The molecule has 0 bridgehead atoms. The summed E-state index contributed by atoms with van der Waals surface area (Å²) >= 11 is 6.76. The van der Waals surface area contributed by atoms with Crippen LogP contribution >= 0.6 is 23.1 Å². The van der Waals surface area contributed by atoms with Crippen LogP contribution in [0.25, 0.3) is 0 Å². The molecular formula is C13H10ClF3N2O3S. The third-order valence-electron chi connectivity index (χ3n) is 2.57. The molecule has 1 heterocycles. The van der Waals surface area contributed by atoms with Crippen LogP contribution in [0, 0.1) is 0 Å². The van der Waals surface area contributed by atoms with Crippen LogP contribution in [0.5, 0.6) is 0 Å². The molecule has 2 aromatic rings. The second-order valence-corrected chi connectivity index (χ2v) is 5.73. The fourth-order valence-corrected chi connectivity index (χ4v) is 2.12. The molecule has 0 aliphatic carbocycles. The predicted octanol–water partition coefficient (Wildman–Crippen LogP) is 3.63. The highest BCUT2D eigenvalue weighted by Gasteiger charge is 2.27. The Morgan fingerprint density at radius 2 is 1.91 bits per heavy atom. The first-order valence-electron chi connectivity index (χ1n) is 6.22. The maximum absolute atomic E-state index is 12.0. The quantitative estimate of drug-likeness (QED) is 0.731. The molecule has 0 spiro atoms. The molecule has 0 atom stereocenters. The van der Waals surface area contributed by atoms with Gasteiger partial charge in [-0.2, -0.15) is 13.2 Å². The van der Waals surface area contributed by atoms with Gasteiger partial charge in [-0.05, 0) is 17.7 Å². The van der Waals surface area contributed by atoms with Crippen LogP contribution in [0.3, 0.4) is 0 Å². The number of hydrogen-bond donors (Lipinski definition) is 0. The molecule has 1 aromatic carbocycles. The molecule has 0 fully saturated rings. The van der Waals surface area contributed by atoms with E-state index in [0.717, 1.165) is 11.5 Å². The largest absolute Gasteiger partial charge is 0.455 e. The van der Waals surface area contributed by atoms with Crippen molar-refractivity contribution in [1.82, 2.24) is 9.59 Å². The van der Waals surface area contributed by atoms with Gasteiger partial charge in [0.15, 0.2) is 0 Å². The lowest BCUT2D eigenvalue weighted by Gasteiger charge is -2.08. The first-order chi connectivity index (χ1) is 10.8. The minimum Gasteiger partial charge on any atom is -0.455 e. The molecule has 10 heteroatoms. The number of halogens is 4. The van der Waals surface area contributed by atoms with Gasteiger partial charge in [0.25, 0.3) is 0 Å². The highest BCUT2D eigenvalue weighted by molar-refractivity contribution is 7.10. The fraction of sp³-hybridized carbons (Fsp3) is 0.308. The molecule has 1 aromatic heterocycles. The van der Waals surface area contributed by atoms with Gasteiger partial charge in [0, 0.05) is 11.5 Å². The maximum atomic E-state index is 12.0. The minimum atomic E-state index is -4.37. The summed E-state index contributed by atoms with van der Waals surface area (Å²) in [5.74, 6) is -0.600. The number of carbonyl (C=O) groups is 1. The Labute approximate surface area is 138 Å². The number of nitrogens with zero attached hydrogens (tertiary/aromatic N) is 2. The molecule has 124 valence electrons. The van der Waals surface area contributed by atoms with Gasteiger partial charge >= 0.3 is 12.1 Å². The van der Waals surface area contributed by atoms with Crippen molar-refractivity contribution in [2.24, 2.45) is 0 Å². The van der Waals surface area contributed by atoms with Crippen molar-refractivity contribution in [3.63, 3.8) is 0 Å². The van der Waals surface area contributed by atoms with Gasteiger partial charge in [-0.3, -0.25) is 0 Å². The van der Waals surface area contributed by atoms with Crippen molar-refractivity contribution in [3.8, 4) is 0 Å². The van der Waals surface area contributed by atoms with Crippen molar-refractivity contribution in [3.05, 3.63) is 45.4 Å². The van der Waals surface area contributed by atoms with E-state index in [1.807, 2.05) is 0 Å². The van der Waals surface area contributed by atoms with Crippen LogP contribution in [-0.4, -0.2) is 28.3 Å². The van der Waals surface area contributed by atoms with E-state index in [9.17, 15) is 18.0 Å². The summed E-state index contributed by atoms with van der Waals surface area (Å²) in [5, 5.41) is 3.70. The number of ether oxygens (including phenoxy) is 2. The summed E-state index contributed by atoms with van der Waals surface area (Å²) in [7, 11) is 0. The molecule has 0 aliphatic heterocycles. The lowest BCUT2D eigenvalue weighted by Crippen LogP contribution is -2.16. The second-order valence-electron chi connectivity index (χ2n) is 4.37. The molecule has 0 radical (unpaired) electrons. The minimum absolute atomic E-state index is 0.107. The number of alkyl halides is 3. The Kier molecular flexibility index (Phi) is 5.91. The van der Waals surface area contributed by atoms with Gasteiger partial charge in [0.2, 0.25) is 0 Å². The molecular weight excluding hydrogens is 357 g/mol. The van der Waals surface area contributed by atoms with Crippen molar-refractivity contribution < 1.29 is 27.4 Å². The number of aromatic nitrogens is 2. The first kappa shape index (κ1) is 17.6. The topological polar surface area (TPSA) is 61.3 Å². The summed E-state index contributed by atoms with van der Waals surface area (Å²) in [6, 6.07) is 5.86. The molecule has 0 amide bonds. The van der Waals surface area contributed by atoms with E-state index in [4.69, 9.17) is 16.3 Å². The number of carbonyl (C=O) groups excluding carboxylic acids is 1. The Morgan fingerprint density at radius 3 is 2.48 bits per heavy atom. The third-order valence-corrected chi connectivity index (χ3v) is 3.56. The van der Waals surface area contributed by atoms with E-state index in [1.165, 1.54) is 24.3 Å². The zero-order valence-corrected chi connectivity index (χ0v) is 13.0. The van der Waals surface area contributed by atoms with Crippen molar-refractivity contribution in [2.75, 3.05) is 6.61 Å². The molecule has 2 rings (SSSR count). The molecule has 0 saturated carbocycles. The van der Waals surface area contributed by atoms with Gasteiger partial charge in [0.1, 0.15) is 23.2 Å². The van der Waals surface area contributed by atoms with Crippen LogP contribution in [0.15, 0.2) is 24.3 Å². The van der Waals surface area contributed by atoms with Crippen LogP contribution in [-0.2, 0) is 22.7 Å². The first-order valence-corrected chi connectivity index (χ1v) is 7.37. The van der Waals surface area contributed by atoms with Crippen LogP contribution in [0.4, 0.5) is 13.2 Å². The lowest BCUT2D eigenvalue weighted by molar-refractivity contribution is -0.176. The van der Waals surface area contributed by atoms with E-state index < -0.39 is 18.8 Å². The Bertz CT molecular complexity index is 661. The van der Waals surface area contributed by atoms with E-state index >= 15 is 0 Å². The summed E-state index contributed by atoms with van der Waals surface area (Å²) in [4.78, 5) is 11.8. The Hall–Kier alpha value is -1.71. The zero-order chi connectivity index (χ0) is 16.9. The monoisotopic (exact) mass is 366 g/mol. The second kappa shape index (κ2) is 7.71. The summed E-state index contributed by atoms with van der Waals surface area (Å²) in [5.41, 5.74) is 1.13. The smallest absolute Gasteiger partial charge is 0.411 e. The van der Waals surface area contributed by atoms with Gasteiger partial charge < -0.3 is 9.47 Å². The highest BCUT2D eigenvalue weighted by atomic mass is 35.5. The standard InChI is InChI=1S/C13H10ClF3N2O3S/c14-11-10(18-19-23-11)6-22-12(20)9-3-1-8(2-4-9)5-21-7-13(15,16)17/h1-4H,5-7H2. The van der Waals surface area contributed by atoms with E-state index in [-0.39, 0.29) is 18.8 Å². The van der Waals surface area contributed by atoms with Gasteiger partial charge in [-0.25, -0.2) is 4.79 Å². The van der Waals surface area contributed by atoms with Crippen molar-refractivity contribution in [1.29, 1.82) is 0 Å². The van der Waals surface area contributed by atoms with Crippen molar-refractivity contribution in [2.45, 2.75) is 19.4 Å². The van der Waals surface area contributed by atoms with Crippen LogP contribution < -0.4 is 0 Å². The molecule has 0 N–H and O–H groups in total. The number of benzene rings is 1. The van der Waals surface area contributed by atoms with Gasteiger partial charge in [-0.1, -0.05) is 28.2 Å². The van der Waals surface area contributed by atoms with E-state index in [1.54, 1.807) is 0 Å². The maximum Gasteiger partial charge on any atom is 0.411 e. The summed E-state index contributed by atoms with van der Waals surface area (Å²) in [6.07, 6.45) is -4.37. The Morgan fingerprint density at radius 1 is 1.22 bits per heavy atom. The zero-order valence-electron chi connectivity index (χ0n) is 11.5. The molecule has 23 heavy (non-hydrogen) atoms. The van der Waals surface area contributed by atoms with E-state index in [0.29, 0.717) is 15.6 Å². The number of hydrogen-bond acceptors (Lipinski definition) is 6. The lowest BCUT2D eigenvalue weighted by atomic mass is 10.1. The Balaban J connectivity index is 1.84. The molecule has 0 saturated heterocycles. The van der Waals surface area contributed by atoms with Gasteiger partial charge in [-0.15, -0.1) is 5.10 Å². The molecule has 0 unspecified atom stereocenters. The molecule has 0 aliphatic rings. The molecule has 5 nitrogen and oxygen atoms in total. The normalized spacial score (nSPS) is 11.5. The summed E-state index contributed by atoms with van der Waals surface area (Å²) < 4.78 is 49.4. The number of rotatable bonds is 6. The van der Waals surface area contributed by atoms with Crippen molar-refractivity contribution >= 4 is 29.1 Å². The SMILES string of the molecule is O=C(OCc1nnsc1Cl)c1ccc(COCC(F)(F)F)cc1. The fourth-order valence-electron chi connectivity index (χ4n) is 1.52. The number of esters is 1. The predicted molar refractivity (Wildman–Crippen MR) is 76.2 cm³/mol. The van der Waals surface area contributed by atoms with Gasteiger partial charge in [0.05, 0.1) is 12.2 Å². The van der Waals surface area contributed by atoms with Crippen LogP contribution in [0.2, 0.25) is 4.34 Å².